The number of hydrogen-bond donors (Lipinski definition) is 1. The first-order chi connectivity index (χ1) is 14.9. The van der Waals surface area contributed by atoms with Gasteiger partial charge in [0.2, 0.25) is 5.78 Å². The summed E-state index contributed by atoms with van der Waals surface area (Å²) >= 11 is 3.35. The van der Waals surface area contributed by atoms with E-state index < -0.39 is 17.8 Å². The van der Waals surface area contributed by atoms with E-state index in [2.05, 4.69) is 21.2 Å². The Morgan fingerprint density at radius 3 is 2.39 bits per heavy atom. The number of nitrogens with one attached hydrogen (secondary N) is 1. The van der Waals surface area contributed by atoms with Crippen LogP contribution < -0.4 is 10.1 Å². The number of carbonyl (C=O) groups excluding carboxylic acids is 2. The van der Waals surface area contributed by atoms with Gasteiger partial charge >= 0.3 is 0 Å². The largest absolute Gasteiger partial charge is 0.481 e. The van der Waals surface area contributed by atoms with Crippen molar-refractivity contribution in [2.24, 2.45) is 0 Å². The van der Waals surface area contributed by atoms with Crippen LogP contribution in [0.15, 0.2) is 81.7 Å². The zero-order valence-corrected chi connectivity index (χ0v) is 18.0. The third-order valence-electron chi connectivity index (χ3n) is 4.65. The number of ketones is 1. The van der Waals surface area contributed by atoms with Crippen LogP contribution in [0.2, 0.25) is 0 Å². The molecule has 0 saturated heterocycles. The van der Waals surface area contributed by atoms with Gasteiger partial charge in [-0.15, -0.1) is 0 Å². The third-order valence-corrected chi connectivity index (χ3v) is 5.18. The van der Waals surface area contributed by atoms with Crippen molar-refractivity contribution < 1.29 is 23.1 Å². The van der Waals surface area contributed by atoms with Crippen LogP contribution in [0.25, 0.3) is 11.0 Å². The molecule has 1 atom stereocenters. The number of furan rings is 1. The Bertz CT molecular complexity index is 1250. The summed E-state index contributed by atoms with van der Waals surface area (Å²) in [6.07, 6.45) is -0.894. The molecule has 0 spiro atoms. The number of amides is 1. The number of ether oxygens (including phenoxy) is 1. The first-order valence-electron chi connectivity index (χ1n) is 9.47. The van der Waals surface area contributed by atoms with Crippen molar-refractivity contribution in [3.8, 4) is 5.75 Å². The molecule has 0 radical (unpaired) electrons. The topological polar surface area (TPSA) is 68.5 Å². The molecular weight excluding hydrogens is 465 g/mol. The highest BCUT2D eigenvalue weighted by Gasteiger charge is 2.25. The maximum absolute atomic E-state index is 13.1. The number of benzene rings is 3. The molecule has 1 amide bonds. The van der Waals surface area contributed by atoms with E-state index in [0.717, 1.165) is 4.47 Å². The summed E-state index contributed by atoms with van der Waals surface area (Å²) in [6.45, 7) is 1.57. The highest BCUT2D eigenvalue weighted by Crippen LogP contribution is 2.33. The number of anilines is 1. The molecule has 7 heteroatoms. The van der Waals surface area contributed by atoms with E-state index in [1.165, 1.54) is 24.3 Å². The number of fused-ring (bicyclic) bond motifs is 1. The average molecular weight is 482 g/mol. The van der Waals surface area contributed by atoms with Crippen molar-refractivity contribution in [3.63, 3.8) is 0 Å². The summed E-state index contributed by atoms with van der Waals surface area (Å²) in [7, 11) is 0. The van der Waals surface area contributed by atoms with Gasteiger partial charge in [0.25, 0.3) is 5.91 Å². The first-order valence-corrected chi connectivity index (χ1v) is 10.3. The zero-order chi connectivity index (χ0) is 22.0. The van der Waals surface area contributed by atoms with Crippen molar-refractivity contribution in [1.29, 1.82) is 0 Å². The second-order valence-electron chi connectivity index (χ2n) is 6.84. The lowest BCUT2D eigenvalue weighted by Crippen LogP contribution is -2.30. The summed E-state index contributed by atoms with van der Waals surface area (Å²) in [4.78, 5) is 25.9. The van der Waals surface area contributed by atoms with Gasteiger partial charge in [-0.3, -0.25) is 9.59 Å². The maximum Gasteiger partial charge on any atom is 0.265 e. The van der Waals surface area contributed by atoms with E-state index >= 15 is 0 Å². The molecule has 4 aromatic rings. The molecule has 156 valence electrons. The number of halogens is 2. The molecule has 0 aliphatic rings. The maximum atomic E-state index is 13.1. The molecule has 1 N–H and O–H groups in total. The van der Waals surface area contributed by atoms with Gasteiger partial charge in [-0.05, 0) is 67.6 Å². The Morgan fingerprint density at radius 1 is 1.00 bits per heavy atom. The van der Waals surface area contributed by atoms with Crippen LogP contribution in [0.3, 0.4) is 0 Å². The summed E-state index contributed by atoms with van der Waals surface area (Å²) in [5.41, 5.74) is 1.18. The van der Waals surface area contributed by atoms with Gasteiger partial charge in [-0.25, -0.2) is 4.39 Å². The third kappa shape index (κ3) is 4.51. The monoisotopic (exact) mass is 481 g/mol. The number of carbonyl (C=O) groups is 2. The fourth-order valence-corrected chi connectivity index (χ4v) is 3.32. The standard InChI is InChI=1S/C24H17BrFNO4/c1-14(30-18-12-10-17(26)11-13-18)24(29)27-21-19-4-2-3-5-20(19)31-23(21)22(28)15-6-8-16(25)9-7-15/h2-14H,1H3,(H,27,29)/t14-/m0/s1. The molecule has 3 aromatic carbocycles. The van der Waals surface area contributed by atoms with Gasteiger partial charge in [-0.1, -0.05) is 28.1 Å². The minimum absolute atomic E-state index is 0.0332. The summed E-state index contributed by atoms with van der Waals surface area (Å²) in [6, 6.07) is 19.3. The predicted octanol–water partition coefficient (Wildman–Crippen LogP) is 5.97. The number of para-hydroxylation sites is 1. The normalized spacial score (nSPS) is 11.8. The van der Waals surface area contributed by atoms with Crippen LogP contribution in [0.5, 0.6) is 5.75 Å². The van der Waals surface area contributed by atoms with Crippen LogP contribution in [0.4, 0.5) is 10.1 Å². The molecule has 0 bridgehead atoms. The summed E-state index contributed by atoms with van der Waals surface area (Å²) < 4.78 is 25.3. The molecule has 4 rings (SSSR count). The SMILES string of the molecule is C[C@H](Oc1ccc(F)cc1)C(=O)Nc1c(C(=O)c2ccc(Br)cc2)oc2ccccc12. The molecular formula is C24H17BrFNO4. The molecule has 0 aliphatic heterocycles. The highest BCUT2D eigenvalue weighted by molar-refractivity contribution is 9.10. The van der Waals surface area contributed by atoms with Crippen molar-refractivity contribution in [1.82, 2.24) is 0 Å². The number of hydrogen-bond acceptors (Lipinski definition) is 4. The Labute approximate surface area is 186 Å². The van der Waals surface area contributed by atoms with Gasteiger partial charge in [0.15, 0.2) is 11.9 Å². The molecule has 1 aromatic heterocycles. The minimum Gasteiger partial charge on any atom is -0.481 e. The van der Waals surface area contributed by atoms with E-state index in [4.69, 9.17) is 9.15 Å². The second-order valence-corrected chi connectivity index (χ2v) is 7.76. The Morgan fingerprint density at radius 2 is 1.68 bits per heavy atom. The molecule has 5 nitrogen and oxygen atoms in total. The molecule has 0 saturated carbocycles. The van der Waals surface area contributed by atoms with Crippen LogP contribution in [0.1, 0.15) is 23.0 Å². The predicted molar refractivity (Wildman–Crippen MR) is 119 cm³/mol. The molecule has 0 fully saturated rings. The van der Waals surface area contributed by atoms with Gasteiger partial charge < -0.3 is 14.5 Å². The van der Waals surface area contributed by atoms with E-state index in [-0.39, 0.29) is 17.2 Å². The fourth-order valence-electron chi connectivity index (χ4n) is 3.06. The van der Waals surface area contributed by atoms with Gasteiger partial charge in [0, 0.05) is 15.4 Å². The molecule has 1 heterocycles. The van der Waals surface area contributed by atoms with Crippen molar-refractivity contribution in [2.45, 2.75) is 13.0 Å². The Kier molecular flexibility index (Phi) is 5.86. The first kappa shape index (κ1) is 20.8. The van der Waals surface area contributed by atoms with E-state index in [0.29, 0.717) is 22.3 Å². The van der Waals surface area contributed by atoms with E-state index in [9.17, 15) is 14.0 Å². The van der Waals surface area contributed by atoms with Crippen LogP contribution >= 0.6 is 15.9 Å². The van der Waals surface area contributed by atoms with Gasteiger partial charge in [-0.2, -0.15) is 0 Å². The van der Waals surface area contributed by atoms with Crippen molar-refractivity contribution in [2.75, 3.05) is 5.32 Å². The lowest BCUT2D eigenvalue weighted by Gasteiger charge is -2.15. The van der Waals surface area contributed by atoms with Crippen molar-refractivity contribution in [3.05, 3.63) is 94.4 Å². The quantitative estimate of drug-likeness (QED) is 0.344. The summed E-state index contributed by atoms with van der Waals surface area (Å²) in [5, 5.41) is 3.37. The molecule has 0 unspecified atom stereocenters. The molecule has 31 heavy (non-hydrogen) atoms. The second kappa shape index (κ2) is 8.73. The van der Waals surface area contributed by atoms with E-state index in [1.807, 2.05) is 0 Å². The minimum atomic E-state index is -0.894. The Balaban J connectivity index is 1.63. The van der Waals surface area contributed by atoms with Crippen molar-refractivity contribution >= 4 is 44.3 Å². The lowest BCUT2D eigenvalue weighted by atomic mass is 10.1. The smallest absolute Gasteiger partial charge is 0.265 e. The van der Waals surface area contributed by atoms with Gasteiger partial charge in [0.1, 0.15) is 17.1 Å². The van der Waals surface area contributed by atoms with Crippen LogP contribution in [-0.2, 0) is 4.79 Å². The lowest BCUT2D eigenvalue weighted by molar-refractivity contribution is -0.122. The van der Waals surface area contributed by atoms with Crippen LogP contribution in [0, 0.1) is 5.82 Å². The highest BCUT2D eigenvalue weighted by atomic mass is 79.9. The Hall–Kier alpha value is -3.45. The zero-order valence-electron chi connectivity index (χ0n) is 16.4. The average Bonchev–Trinajstić information content (AvgIpc) is 3.13. The summed E-state index contributed by atoms with van der Waals surface area (Å²) in [5.74, 6) is -0.838. The van der Waals surface area contributed by atoms with Gasteiger partial charge in [0.05, 0.1) is 5.69 Å². The molecule has 0 aliphatic carbocycles. The van der Waals surface area contributed by atoms with Crippen LogP contribution in [-0.4, -0.2) is 17.8 Å². The van der Waals surface area contributed by atoms with E-state index in [1.54, 1.807) is 55.5 Å². The fraction of sp³-hybridized carbons (Fsp3) is 0.0833. The number of rotatable bonds is 6.